The molecular formula is C16H12ClN3OS. The summed E-state index contributed by atoms with van der Waals surface area (Å²) in [6.45, 7) is 0. The van der Waals surface area contributed by atoms with Crippen LogP contribution in [0.2, 0.25) is 5.02 Å². The van der Waals surface area contributed by atoms with Crippen LogP contribution in [-0.2, 0) is 0 Å². The molecule has 0 bridgehead atoms. The van der Waals surface area contributed by atoms with Gasteiger partial charge in [0.05, 0.1) is 28.8 Å². The van der Waals surface area contributed by atoms with Gasteiger partial charge in [-0.25, -0.2) is 4.98 Å². The molecule has 2 aromatic carbocycles. The number of anilines is 1. The van der Waals surface area contributed by atoms with E-state index in [-0.39, 0.29) is 5.75 Å². The Labute approximate surface area is 137 Å². The van der Waals surface area contributed by atoms with Crippen molar-refractivity contribution in [2.24, 2.45) is 0 Å². The number of nitrogens with zero attached hydrogens (tertiary/aromatic N) is 2. The number of halogens is 1. The second kappa shape index (κ2) is 6.25. The summed E-state index contributed by atoms with van der Waals surface area (Å²) in [5, 5.41) is 10.6. The molecule has 0 spiro atoms. The molecule has 110 valence electrons. The fourth-order valence-electron chi connectivity index (χ4n) is 1.87. The summed E-state index contributed by atoms with van der Waals surface area (Å²) in [5.41, 5.74) is 8.11. The Balaban J connectivity index is 1.82. The number of hydrogen-bond acceptors (Lipinski definition) is 5. The zero-order valence-corrected chi connectivity index (χ0v) is 13.0. The summed E-state index contributed by atoms with van der Waals surface area (Å²) in [7, 11) is 0. The van der Waals surface area contributed by atoms with E-state index in [1.54, 1.807) is 42.7 Å². The van der Waals surface area contributed by atoms with Crippen LogP contribution in [0.15, 0.2) is 64.8 Å². The molecule has 0 aliphatic carbocycles. The van der Waals surface area contributed by atoms with Crippen LogP contribution in [0.1, 0.15) is 0 Å². The number of nitrogen functional groups attached to an aromatic ring is 1. The number of nitrogens with two attached hydrogens (primary N) is 1. The molecule has 22 heavy (non-hydrogen) atoms. The van der Waals surface area contributed by atoms with Crippen molar-refractivity contribution in [3.05, 3.63) is 59.9 Å². The third-order valence-electron chi connectivity index (χ3n) is 3.02. The number of benzene rings is 2. The molecule has 3 N–H and O–H groups in total. The molecule has 6 heteroatoms. The molecule has 1 heterocycles. The SMILES string of the molecule is Nc1c(Cl)cccc1Sc1cnc(-c2ccc(O)cc2)cn1. The van der Waals surface area contributed by atoms with Crippen LogP contribution < -0.4 is 5.73 Å². The first kappa shape index (κ1) is 14.7. The van der Waals surface area contributed by atoms with E-state index < -0.39 is 0 Å². The Kier molecular flexibility index (Phi) is 4.18. The standard InChI is InChI=1S/C16H12ClN3OS/c17-12-2-1-3-14(16(12)18)22-15-9-19-13(8-20-15)10-4-6-11(21)7-5-10/h1-9,21H,18H2. The van der Waals surface area contributed by atoms with Crippen molar-refractivity contribution in [2.75, 3.05) is 5.73 Å². The van der Waals surface area contributed by atoms with E-state index in [2.05, 4.69) is 9.97 Å². The highest BCUT2D eigenvalue weighted by molar-refractivity contribution is 7.99. The highest BCUT2D eigenvalue weighted by atomic mass is 35.5. The van der Waals surface area contributed by atoms with E-state index in [0.717, 1.165) is 21.2 Å². The Morgan fingerprint density at radius 3 is 2.45 bits per heavy atom. The second-order valence-electron chi connectivity index (χ2n) is 4.54. The summed E-state index contributed by atoms with van der Waals surface area (Å²) < 4.78 is 0. The monoisotopic (exact) mass is 329 g/mol. The van der Waals surface area contributed by atoms with Gasteiger partial charge in [0.2, 0.25) is 0 Å². The van der Waals surface area contributed by atoms with Gasteiger partial charge in [0.15, 0.2) is 0 Å². The zero-order valence-electron chi connectivity index (χ0n) is 11.4. The molecule has 0 aliphatic rings. The number of phenolic OH excluding ortho intramolecular Hbond substituents is 1. The highest BCUT2D eigenvalue weighted by Gasteiger charge is 2.07. The quantitative estimate of drug-likeness (QED) is 0.703. The first-order chi connectivity index (χ1) is 10.6. The maximum absolute atomic E-state index is 9.30. The molecule has 0 fully saturated rings. The van der Waals surface area contributed by atoms with E-state index in [1.807, 2.05) is 12.1 Å². The largest absolute Gasteiger partial charge is 0.508 e. The Morgan fingerprint density at radius 1 is 1.00 bits per heavy atom. The normalized spacial score (nSPS) is 10.6. The predicted octanol–water partition coefficient (Wildman–Crippen LogP) is 4.24. The van der Waals surface area contributed by atoms with E-state index in [0.29, 0.717) is 10.7 Å². The lowest BCUT2D eigenvalue weighted by molar-refractivity contribution is 0.475. The van der Waals surface area contributed by atoms with Crippen LogP contribution in [0.25, 0.3) is 11.3 Å². The summed E-state index contributed by atoms with van der Waals surface area (Å²) in [4.78, 5) is 9.62. The minimum atomic E-state index is 0.223. The van der Waals surface area contributed by atoms with Crippen molar-refractivity contribution in [3.8, 4) is 17.0 Å². The lowest BCUT2D eigenvalue weighted by atomic mass is 10.1. The summed E-state index contributed by atoms with van der Waals surface area (Å²) in [5.74, 6) is 0.223. The first-order valence-corrected chi connectivity index (χ1v) is 7.66. The van der Waals surface area contributed by atoms with Crippen LogP contribution in [0.5, 0.6) is 5.75 Å². The van der Waals surface area contributed by atoms with E-state index >= 15 is 0 Å². The second-order valence-corrected chi connectivity index (χ2v) is 6.01. The van der Waals surface area contributed by atoms with E-state index in [9.17, 15) is 5.11 Å². The minimum Gasteiger partial charge on any atom is -0.508 e. The Morgan fingerprint density at radius 2 is 1.77 bits per heavy atom. The van der Waals surface area contributed by atoms with Gasteiger partial charge in [-0.3, -0.25) is 4.98 Å². The zero-order chi connectivity index (χ0) is 15.5. The average molecular weight is 330 g/mol. The fourth-order valence-corrected chi connectivity index (χ4v) is 2.90. The fraction of sp³-hybridized carbons (Fsp3) is 0. The molecule has 4 nitrogen and oxygen atoms in total. The highest BCUT2D eigenvalue weighted by Crippen LogP contribution is 2.34. The van der Waals surface area contributed by atoms with Gasteiger partial charge in [0.25, 0.3) is 0 Å². The van der Waals surface area contributed by atoms with Gasteiger partial charge < -0.3 is 10.8 Å². The number of rotatable bonds is 3. The molecule has 0 radical (unpaired) electrons. The average Bonchev–Trinajstić information content (AvgIpc) is 2.53. The van der Waals surface area contributed by atoms with Crippen molar-refractivity contribution in [1.82, 2.24) is 9.97 Å². The number of hydrogen-bond donors (Lipinski definition) is 2. The predicted molar refractivity (Wildman–Crippen MR) is 89.1 cm³/mol. The van der Waals surface area contributed by atoms with Gasteiger partial charge >= 0.3 is 0 Å². The molecular weight excluding hydrogens is 318 g/mol. The van der Waals surface area contributed by atoms with Crippen LogP contribution in [0.4, 0.5) is 5.69 Å². The third-order valence-corrected chi connectivity index (χ3v) is 4.34. The Hall–Kier alpha value is -2.24. The van der Waals surface area contributed by atoms with Crippen molar-refractivity contribution in [1.29, 1.82) is 0 Å². The maximum Gasteiger partial charge on any atom is 0.119 e. The van der Waals surface area contributed by atoms with Gasteiger partial charge in [0.1, 0.15) is 10.8 Å². The van der Waals surface area contributed by atoms with Gasteiger partial charge in [-0.05, 0) is 36.4 Å². The van der Waals surface area contributed by atoms with Crippen LogP contribution in [-0.4, -0.2) is 15.1 Å². The molecule has 0 saturated heterocycles. The molecule has 0 saturated carbocycles. The summed E-state index contributed by atoms with van der Waals surface area (Å²) in [6, 6.07) is 12.3. The molecule has 1 aromatic heterocycles. The molecule has 3 rings (SSSR count). The lowest BCUT2D eigenvalue weighted by Crippen LogP contribution is -1.91. The molecule has 0 unspecified atom stereocenters. The lowest BCUT2D eigenvalue weighted by Gasteiger charge is -2.06. The molecule has 0 aliphatic heterocycles. The van der Waals surface area contributed by atoms with Gasteiger partial charge in [-0.2, -0.15) is 0 Å². The number of aromatic nitrogens is 2. The van der Waals surface area contributed by atoms with Gasteiger partial charge in [-0.1, -0.05) is 29.4 Å². The molecule has 3 aromatic rings. The number of para-hydroxylation sites is 1. The maximum atomic E-state index is 9.30. The topological polar surface area (TPSA) is 72.0 Å². The summed E-state index contributed by atoms with van der Waals surface area (Å²) >= 11 is 7.41. The van der Waals surface area contributed by atoms with Gasteiger partial charge in [-0.15, -0.1) is 0 Å². The van der Waals surface area contributed by atoms with Gasteiger partial charge in [0, 0.05) is 10.5 Å². The smallest absolute Gasteiger partial charge is 0.119 e. The number of aromatic hydroxyl groups is 1. The number of phenols is 1. The van der Waals surface area contributed by atoms with Crippen LogP contribution >= 0.6 is 23.4 Å². The minimum absolute atomic E-state index is 0.223. The third kappa shape index (κ3) is 3.16. The van der Waals surface area contributed by atoms with E-state index in [4.69, 9.17) is 17.3 Å². The van der Waals surface area contributed by atoms with Crippen molar-refractivity contribution in [3.63, 3.8) is 0 Å². The Bertz CT molecular complexity index is 791. The van der Waals surface area contributed by atoms with Crippen LogP contribution in [0, 0.1) is 0 Å². The van der Waals surface area contributed by atoms with Crippen molar-refractivity contribution in [2.45, 2.75) is 9.92 Å². The van der Waals surface area contributed by atoms with E-state index in [1.165, 1.54) is 11.8 Å². The van der Waals surface area contributed by atoms with Crippen molar-refractivity contribution < 1.29 is 5.11 Å². The first-order valence-electron chi connectivity index (χ1n) is 6.47. The van der Waals surface area contributed by atoms with Crippen LogP contribution in [0.3, 0.4) is 0 Å². The summed E-state index contributed by atoms with van der Waals surface area (Å²) in [6.07, 6.45) is 3.38. The van der Waals surface area contributed by atoms with Crippen molar-refractivity contribution >= 4 is 29.1 Å². The molecule has 0 atom stereocenters. The molecule has 0 amide bonds.